The quantitative estimate of drug-likeness (QED) is 0.232. The Morgan fingerprint density at radius 2 is 1.09 bits per heavy atom. The molecule has 4 aromatic carbocycles. The van der Waals surface area contributed by atoms with Crippen LogP contribution in [0, 0.1) is 6.92 Å². The van der Waals surface area contributed by atoms with Crippen LogP contribution in [0.1, 0.15) is 5.56 Å². The van der Waals surface area contributed by atoms with Gasteiger partial charge in [-0.05, 0) is 59.5 Å². The standard InChI is InChI=1S/C31H20S3/c1-19-9-11-20(12-10-19)21-5-4-6-22(17-21)26-15-16-27(32-26)23-13-14-25-29(18-23)34-30-24-7-2-3-8-28(24)33-31(25)30/h2-18H,1H3. The molecule has 0 aliphatic heterocycles. The van der Waals surface area contributed by atoms with Gasteiger partial charge < -0.3 is 0 Å². The molecule has 3 aromatic heterocycles. The number of hydrogen-bond donors (Lipinski definition) is 0. The van der Waals surface area contributed by atoms with E-state index in [0.717, 1.165) is 0 Å². The van der Waals surface area contributed by atoms with E-state index in [2.05, 4.69) is 110 Å². The van der Waals surface area contributed by atoms with Crippen molar-refractivity contribution in [3.8, 4) is 32.0 Å². The van der Waals surface area contributed by atoms with Crippen molar-refractivity contribution in [1.82, 2.24) is 0 Å². The number of hydrogen-bond acceptors (Lipinski definition) is 3. The van der Waals surface area contributed by atoms with Crippen molar-refractivity contribution in [2.75, 3.05) is 0 Å². The molecule has 7 aromatic rings. The van der Waals surface area contributed by atoms with Gasteiger partial charge >= 0.3 is 0 Å². The van der Waals surface area contributed by atoms with Crippen molar-refractivity contribution in [3.63, 3.8) is 0 Å². The SMILES string of the molecule is Cc1ccc(-c2cccc(-c3ccc(-c4ccc5c(c4)sc4c6ccccc6sc54)s3)c2)cc1. The predicted octanol–water partition coefficient (Wildman–Crippen LogP) is 10.6. The maximum atomic E-state index is 2.37. The summed E-state index contributed by atoms with van der Waals surface area (Å²) in [6.07, 6.45) is 0. The molecule has 0 N–H and O–H groups in total. The summed E-state index contributed by atoms with van der Waals surface area (Å²) in [7, 11) is 0. The minimum Gasteiger partial charge on any atom is -0.135 e. The number of thiophene rings is 3. The van der Waals surface area contributed by atoms with E-state index in [1.54, 1.807) is 0 Å². The van der Waals surface area contributed by atoms with Gasteiger partial charge in [0.25, 0.3) is 0 Å². The molecule has 34 heavy (non-hydrogen) atoms. The summed E-state index contributed by atoms with van der Waals surface area (Å²) >= 11 is 5.71. The molecule has 0 aliphatic rings. The molecule has 3 heterocycles. The minimum atomic E-state index is 1.26. The van der Waals surface area contributed by atoms with E-state index in [4.69, 9.17) is 0 Å². The first kappa shape index (κ1) is 20.2. The Kier molecular flexibility index (Phi) is 4.69. The van der Waals surface area contributed by atoms with Crippen LogP contribution >= 0.6 is 34.0 Å². The molecule has 0 fully saturated rings. The molecule has 3 heteroatoms. The summed E-state index contributed by atoms with van der Waals surface area (Å²) in [4.78, 5) is 2.63. The summed E-state index contributed by atoms with van der Waals surface area (Å²) in [6, 6.07) is 37.9. The maximum absolute atomic E-state index is 2.37. The molecule has 0 unspecified atom stereocenters. The fraction of sp³-hybridized carbons (Fsp3) is 0.0323. The molecule has 0 saturated heterocycles. The number of fused-ring (bicyclic) bond motifs is 5. The van der Waals surface area contributed by atoms with Gasteiger partial charge in [0.2, 0.25) is 0 Å². The Morgan fingerprint density at radius 3 is 1.91 bits per heavy atom. The van der Waals surface area contributed by atoms with Crippen LogP contribution in [-0.4, -0.2) is 0 Å². The van der Waals surface area contributed by atoms with Crippen molar-refractivity contribution in [3.05, 3.63) is 109 Å². The zero-order valence-electron chi connectivity index (χ0n) is 18.5. The molecule has 162 valence electrons. The average molecular weight is 489 g/mol. The van der Waals surface area contributed by atoms with Crippen LogP contribution in [0.2, 0.25) is 0 Å². The lowest BCUT2D eigenvalue weighted by molar-refractivity contribution is 1.47. The second kappa shape index (κ2) is 7.92. The van der Waals surface area contributed by atoms with Crippen LogP contribution in [0.15, 0.2) is 103 Å². The van der Waals surface area contributed by atoms with Crippen LogP contribution in [0.25, 0.3) is 61.6 Å². The Labute approximate surface area is 210 Å². The monoisotopic (exact) mass is 488 g/mol. The first-order valence-electron chi connectivity index (χ1n) is 11.3. The van der Waals surface area contributed by atoms with Crippen LogP contribution in [0.4, 0.5) is 0 Å². The van der Waals surface area contributed by atoms with Gasteiger partial charge in [0.05, 0.1) is 9.40 Å². The number of aryl methyl sites for hydroxylation is 1. The van der Waals surface area contributed by atoms with Crippen LogP contribution in [-0.2, 0) is 0 Å². The van der Waals surface area contributed by atoms with E-state index in [0.29, 0.717) is 0 Å². The molecular formula is C31H20S3. The lowest BCUT2D eigenvalue weighted by atomic mass is 10.0. The highest BCUT2D eigenvalue weighted by molar-refractivity contribution is 7.36. The van der Waals surface area contributed by atoms with Crippen LogP contribution in [0.5, 0.6) is 0 Å². The second-order valence-electron chi connectivity index (χ2n) is 8.68. The van der Waals surface area contributed by atoms with Crippen molar-refractivity contribution in [2.24, 2.45) is 0 Å². The number of benzene rings is 4. The third-order valence-electron chi connectivity index (χ3n) is 6.41. The number of rotatable bonds is 3. The molecule has 0 aliphatic carbocycles. The van der Waals surface area contributed by atoms with E-state index >= 15 is 0 Å². The summed E-state index contributed by atoms with van der Waals surface area (Å²) in [5.41, 5.74) is 6.40. The van der Waals surface area contributed by atoms with Gasteiger partial charge in [-0.25, -0.2) is 0 Å². The van der Waals surface area contributed by atoms with Gasteiger partial charge in [0.15, 0.2) is 0 Å². The fourth-order valence-corrected chi connectivity index (χ4v) is 8.30. The van der Waals surface area contributed by atoms with Gasteiger partial charge in [0, 0.05) is 29.9 Å². The highest BCUT2D eigenvalue weighted by Gasteiger charge is 2.13. The van der Waals surface area contributed by atoms with Gasteiger partial charge in [0.1, 0.15) is 0 Å². The summed E-state index contributed by atoms with van der Waals surface area (Å²) < 4.78 is 5.60. The van der Waals surface area contributed by atoms with Crippen LogP contribution in [0.3, 0.4) is 0 Å². The molecule has 7 rings (SSSR count). The second-order valence-corrected chi connectivity index (χ2v) is 11.9. The molecular weight excluding hydrogens is 469 g/mol. The smallest absolute Gasteiger partial charge is 0.0542 e. The van der Waals surface area contributed by atoms with E-state index in [1.807, 2.05) is 34.0 Å². The van der Waals surface area contributed by atoms with Gasteiger partial charge in [-0.15, -0.1) is 34.0 Å². The zero-order chi connectivity index (χ0) is 22.6. The molecule has 0 spiro atoms. The predicted molar refractivity (Wildman–Crippen MR) is 154 cm³/mol. The summed E-state index contributed by atoms with van der Waals surface area (Å²) in [5, 5.41) is 2.77. The Bertz CT molecular complexity index is 1810. The van der Waals surface area contributed by atoms with E-state index in [9.17, 15) is 0 Å². The normalized spacial score (nSPS) is 11.7. The minimum absolute atomic E-state index is 1.26. The summed E-state index contributed by atoms with van der Waals surface area (Å²) in [6.45, 7) is 2.13. The van der Waals surface area contributed by atoms with E-state index in [1.165, 1.54) is 67.1 Å². The lowest BCUT2D eigenvalue weighted by Crippen LogP contribution is -1.80. The highest BCUT2D eigenvalue weighted by atomic mass is 32.1. The fourth-order valence-electron chi connectivity index (χ4n) is 4.60. The Hall–Kier alpha value is -3.24. The zero-order valence-corrected chi connectivity index (χ0v) is 21.0. The van der Waals surface area contributed by atoms with E-state index < -0.39 is 0 Å². The topological polar surface area (TPSA) is 0 Å². The molecule has 0 nitrogen and oxygen atoms in total. The highest BCUT2D eigenvalue weighted by Crippen LogP contribution is 2.45. The molecule has 0 bridgehead atoms. The first-order valence-corrected chi connectivity index (χ1v) is 13.8. The Morgan fingerprint density at radius 1 is 0.441 bits per heavy atom. The lowest BCUT2D eigenvalue weighted by Gasteiger charge is -2.05. The first-order chi connectivity index (χ1) is 16.7. The molecule has 0 atom stereocenters. The third kappa shape index (κ3) is 3.32. The summed E-state index contributed by atoms with van der Waals surface area (Å²) in [5.74, 6) is 0. The maximum Gasteiger partial charge on any atom is 0.0542 e. The van der Waals surface area contributed by atoms with E-state index in [-0.39, 0.29) is 0 Å². The average Bonchev–Trinajstić information content (AvgIpc) is 3.58. The molecule has 0 amide bonds. The third-order valence-corrected chi connectivity index (χ3v) is 10.1. The molecule has 0 saturated carbocycles. The van der Waals surface area contributed by atoms with Crippen molar-refractivity contribution >= 4 is 63.6 Å². The van der Waals surface area contributed by atoms with Crippen LogP contribution < -0.4 is 0 Å². The van der Waals surface area contributed by atoms with Crippen molar-refractivity contribution in [2.45, 2.75) is 6.92 Å². The molecule has 0 radical (unpaired) electrons. The largest absolute Gasteiger partial charge is 0.135 e. The van der Waals surface area contributed by atoms with Gasteiger partial charge in [-0.2, -0.15) is 0 Å². The van der Waals surface area contributed by atoms with Crippen molar-refractivity contribution in [1.29, 1.82) is 0 Å². The van der Waals surface area contributed by atoms with Gasteiger partial charge in [-0.1, -0.05) is 78.4 Å². The van der Waals surface area contributed by atoms with Crippen molar-refractivity contribution < 1.29 is 0 Å². The Balaban J connectivity index is 1.26. The van der Waals surface area contributed by atoms with Gasteiger partial charge in [-0.3, -0.25) is 0 Å².